The maximum atomic E-state index is 11.2. The Morgan fingerprint density at radius 2 is 2.06 bits per heavy atom. The van der Waals surface area contributed by atoms with E-state index in [9.17, 15) is 4.79 Å². The molecule has 0 saturated carbocycles. The topological polar surface area (TPSA) is 52.3 Å². The molecule has 0 aliphatic rings. The first kappa shape index (κ1) is 12.8. The number of thiophene rings is 1. The molecular formula is C14H15NO2S. The Morgan fingerprint density at radius 3 is 2.61 bits per heavy atom. The molecule has 1 unspecified atom stereocenters. The van der Waals surface area contributed by atoms with Gasteiger partial charge in [-0.15, -0.1) is 11.3 Å². The van der Waals surface area contributed by atoms with Crippen LogP contribution in [0.25, 0.3) is 10.4 Å². The lowest BCUT2D eigenvalue weighted by atomic mass is 10.0. The number of benzene rings is 1. The van der Waals surface area contributed by atoms with Gasteiger partial charge in [0.25, 0.3) is 0 Å². The molecule has 1 aromatic heterocycles. The van der Waals surface area contributed by atoms with E-state index in [0.717, 1.165) is 5.56 Å². The van der Waals surface area contributed by atoms with Crippen molar-refractivity contribution in [2.75, 3.05) is 7.11 Å². The first-order chi connectivity index (χ1) is 8.70. The number of nitrogens with two attached hydrogens (primary N) is 1. The second kappa shape index (κ2) is 5.80. The van der Waals surface area contributed by atoms with E-state index in [4.69, 9.17) is 5.73 Å². The second-order valence-corrected chi connectivity index (χ2v) is 4.96. The van der Waals surface area contributed by atoms with Crippen molar-refractivity contribution in [2.45, 2.75) is 12.5 Å². The Hall–Kier alpha value is -1.65. The molecule has 1 aromatic carbocycles. The number of esters is 1. The fraction of sp³-hybridized carbons (Fsp3) is 0.214. The van der Waals surface area contributed by atoms with Crippen LogP contribution in [0.3, 0.4) is 0 Å². The van der Waals surface area contributed by atoms with Crippen LogP contribution in [0.2, 0.25) is 0 Å². The zero-order chi connectivity index (χ0) is 13.0. The molecule has 18 heavy (non-hydrogen) atoms. The zero-order valence-electron chi connectivity index (χ0n) is 10.1. The van der Waals surface area contributed by atoms with Gasteiger partial charge in [-0.2, -0.15) is 0 Å². The van der Waals surface area contributed by atoms with Crippen LogP contribution in [-0.4, -0.2) is 19.1 Å². The number of hydrogen-bond donors (Lipinski definition) is 1. The molecule has 0 spiro atoms. The van der Waals surface area contributed by atoms with Crippen LogP contribution in [-0.2, 0) is 16.0 Å². The number of rotatable bonds is 4. The van der Waals surface area contributed by atoms with Crippen LogP contribution in [0, 0.1) is 0 Å². The van der Waals surface area contributed by atoms with Gasteiger partial charge in [0.2, 0.25) is 0 Å². The van der Waals surface area contributed by atoms with Gasteiger partial charge < -0.3 is 10.5 Å². The SMILES string of the molecule is COC(=O)C(N)Cc1ccc(-c2cccs2)cc1. The Balaban J connectivity index is 2.06. The lowest BCUT2D eigenvalue weighted by Crippen LogP contribution is -2.33. The van der Waals surface area contributed by atoms with Gasteiger partial charge in [0.05, 0.1) is 7.11 Å². The molecule has 1 atom stereocenters. The molecule has 0 aliphatic heterocycles. The Bertz CT molecular complexity index is 505. The molecule has 0 radical (unpaired) electrons. The summed E-state index contributed by atoms with van der Waals surface area (Å²) in [5, 5.41) is 2.05. The summed E-state index contributed by atoms with van der Waals surface area (Å²) in [6.07, 6.45) is 0.497. The third-order valence-corrected chi connectivity index (χ3v) is 3.64. The lowest BCUT2D eigenvalue weighted by molar-refractivity contribution is -0.142. The van der Waals surface area contributed by atoms with Gasteiger partial charge in [0.1, 0.15) is 6.04 Å². The van der Waals surface area contributed by atoms with Crippen molar-refractivity contribution in [2.24, 2.45) is 5.73 Å². The monoisotopic (exact) mass is 261 g/mol. The molecule has 0 amide bonds. The van der Waals surface area contributed by atoms with Gasteiger partial charge >= 0.3 is 5.97 Å². The Kier molecular flexibility index (Phi) is 4.12. The van der Waals surface area contributed by atoms with Gasteiger partial charge in [0, 0.05) is 4.88 Å². The van der Waals surface area contributed by atoms with Gasteiger partial charge in [-0.1, -0.05) is 30.3 Å². The summed E-state index contributed by atoms with van der Waals surface area (Å²) >= 11 is 1.71. The fourth-order valence-corrected chi connectivity index (χ4v) is 2.47. The largest absolute Gasteiger partial charge is 0.468 e. The van der Waals surface area contributed by atoms with E-state index in [1.807, 2.05) is 30.3 Å². The minimum Gasteiger partial charge on any atom is -0.468 e. The standard InChI is InChI=1S/C14H15NO2S/c1-17-14(16)12(15)9-10-4-6-11(7-5-10)13-3-2-8-18-13/h2-8,12H,9,15H2,1H3. The van der Waals surface area contributed by atoms with Gasteiger partial charge in [-0.05, 0) is 29.0 Å². The first-order valence-corrected chi connectivity index (χ1v) is 6.55. The number of carbonyl (C=O) groups excluding carboxylic acids is 1. The smallest absolute Gasteiger partial charge is 0.322 e. The average molecular weight is 261 g/mol. The van der Waals surface area contributed by atoms with Crippen molar-refractivity contribution in [1.29, 1.82) is 0 Å². The zero-order valence-corrected chi connectivity index (χ0v) is 10.9. The van der Waals surface area contributed by atoms with Gasteiger partial charge in [-0.3, -0.25) is 4.79 Å². The third kappa shape index (κ3) is 2.97. The molecule has 94 valence electrons. The molecule has 2 N–H and O–H groups in total. The van der Waals surface area contributed by atoms with Crippen molar-refractivity contribution in [3.63, 3.8) is 0 Å². The van der Waals surface area contributed by atoms with E-state index in [0.29, 0.717) is 6.42 Å². The molecule has 1 heterocycles. The number of carbonyl (C=O) groups is 1. The number of methoxy groups -OCH3 is 1. The van der Waals surface area contributed by atoms with E-state index >= 15 is 0 Å². The highest BCUT2D eigenvalue weighted by molar-refractivity contribution is 7.13. The molecule has 0 aliphatic carbocycles. The van der Waals surface area contributed by atoms with E-state index in [1.165, 1.54) is 17.6 Å². The summed E-state index contributed by atoms with van der Waals surface area (Å²) in [6, 6.07) is 11.6. The van der Waals surface area contributed by atoms with Crippen molar-refractivity contribution < 1.29 is 9.53 Å². The molecular weight excluding hydrogens is 246 g/mol. The molecule has 0 bridgehead atoms. The average Bonchev–Trinajstić information content (AvgIpc) is 2.92. The van der Waals surface area contributed by atoms with E-state index in [-0.39, 0.29) is 5.97 Å². The quantitative estimate of drug-likeness (QED) is 0.860. The summed E-state index contributed by atoms with van der Waals surface area (Å²) in [5.74, 6) is -0.377. The summed E-state index contributed by atoms with van der Waals surface area (Å²) in [4.78, 5) is 12.5. The molecule has 2 rings (SSSR count). The predicted octanol–water partition coefficient (Wildman–Crippen LogP) is 2.46. The van der Waals surface area contributed by atoms with Crippen molar-refractivity contribution in [1.82, 2.24) is 0 Å². The second-order valence-electron chi connectivity index (χ2n) is 4.01. The molecule has 4 heteroatoms. The normalized spacial score (nSPS) is 12.1. The van der Waals surface area contributed by atoms with Gasteiger partial charge in [-0.25, -0.2) is 0 Å². The highest BCUT2D eigenvalue weighted by Gasteiger charge is 2.13. The van der Waals surface area contributed by atoms with E-state index in [2.05, 4.69) is 16.2 Å². The lowest BCUT2D eigenvalue weighted by Gasteiger charge is -2.09. The van der Waals surface area contributed by atoms with Crippen LogP contribution in [0.4, 0.5) is 0 Å². The molecule has 3 nitrogen and oxygen atoms in total. The summed E-state index contributed by atoms with van der Waals surface area (Å²) in [5.41, 5.74) is 7.94. The fourth-order valence-electron chi connectivity index (χ4n) is 1.74. The van der Waals surface area contributed by atoms with Crippen LogP contribution in [0.15, 0.2) is 41.8 Å². The summed E-state index contributed by atoms with van der Waals surface area (Å²) in [7, 11) is 1.35. The maximum Gasteiger partial charge on any atom is 0.322 e. The number of ether oxygens (including phenoxy) is 1. The molecule has 2 aromatic rings. The highest BCUT2D eigenvalue weighted by atomic mass is 32.1. The third-order valence-electron chi connectivity index (χ3n) is 2.72. The van der Waals surface area contributed by atoms with Crippen LogP contribution < -0.4 is 5.73 Å². The highest BCUT2D eigenvalue weighted by Crippen LogP contribution is 2.24. The predicted molar refractivity (Wildman–Crippen MR) is 73.5 cm³/mol. The summed E-state index contributed by atoms with van der Waals surface area (Å²) in [6.45, 7) is 0. The van der Waals surface area contributed by atoms with E-state index < -0.39 is 6.04 Å². The maximum absolute atomic E-state index is 11.2. The van der Waals surface area contributed by atoms with Crippen molar-refractivity contribution in [3.05, 3.63) is 47.3 Å². The minimum atomic E-state index is -0.595. The van der Waals surface area contributed by atoms with Crippen molar-refractivity contribution >= 4 is 17.3 Å². The Labute approximate surface area is 110 Å². The van der Waals surface area contributed by atoms with Gasteiger partial charge in [0.15, 0.2) is 0 Å². The van der Waals surface area contributed by atoms with Crippen molar-refractivity contribution in [3.8, 4) is 10.4 Å². The first-order valence-electron chi connectivity index (χ1n) is 5.67. The van der Waals surface area contributed by atoms with Crippen LogP contribution in [0.5, 0.6) is 0 Å². The summed E-state index contributed by atoms with van der Waals surface area (Å²) < 4.78 is 4.60. The number of hydrogen-bond acceptors (Lipinski definition) is 4. The minimum absolute atomic E-state index is 0.377. The molecule has 0 fully saturated rings. The van der Waals surface area contributed by atoms with Crippen LogP contribution in [0.1, 0.15) is 5.56 Å². The Morgan fingerprint density at radius 1 is 1.33 bits per heavy atom. The molecule has 0 saturated heterocycles. The van der Waals surface area contributed by atoms with E-state index in [1.54, 1.807) is 11.3 Å². The van der Waals surface area contributed by atoms with Crippen LogP contribution >= 0.6 is 11.3 Å².